The monoisotopic (exact) mass is 418 g/mol. The lowest BCUT2D eigenvalue weighted by Gasteiger charge is -2.36. The average molecular weight is 418 g/mol. The third-order valence-corrected chi connectivity index (χ3v) is 5.53. The first-order chi connectivity index (χ1) is 14.3. The Bertz CT molecular complexity index is 1060. The molecule has 0 bridgehead atoms. The van der Waals surface area contributed by atoms with Gasteiger partial charge in [0.2, 0.25) is 11.7 Å². The van der Waals surface area contributed by atoms with Crippen molar-refractivity contribution < 1.29 is 18.0 Å². The number of fused-ring (bicyclic) bond motifs is 1. The van der Waals surface area contributed by atoms with Crippen LogP contribution in [0, 0.1) is 6.92 Å². The molecule has 1 unspecified atom stereocenters. The lowest BCUT2D eigenvalue weighted by Crippen LogP contribution is -2.43. The quantitative estimate of drug-likeness (QED) is 0.653. The molecule has 3 aromatic rings. The van der Waals surface area contributed by atoms with E-state index in [1.54, 1.807) is 40.0 Å². The van der Waals surface area contributed by atoms with E-state index in [4.69, 9.17) is 0 Å². The normalized spacial score (nSPS) is 16.6. The van der Waals surface area contributed by atoms with Gasteiger partial charge in [0, 0.05) is 32.3 Å². The van der Waals surface area contributed by atoms with Gasteiger partial charge in [-0.3, -0.25) is 9.48 Å². The van der Waals surface area contributed by atoms with Gasteiger partial charge in [0.15, 0.2) is 5.82 Å². The molecule has 4 rings (SSSR count). The number of benzene rings is 1. The number of hydrogen-bond acceptors (Lipinski definition) is 4. The van der Waals surface area contributed by atoms with Crippen LogP contribution in [0.1, 0.15) is 40.9 Å². The zero-order chi connectivity index (χ0) is 21.5. The molecule has 1 aromatic carbocycles. The number of halogens is 3. The van der Waals surface area contributed by atoms with Gasteiger partial charge < -0.3 is 9.47 Å². The summed E-state index contributed by atoms with van der Waals surface area (Å²) in [5.41, 5.74) is 2.66. The number of hydrogen-bond donors (Lipinski definition) is 0. The van der Waals surface area contributed by atoms with Crippen molar-refractivity contribution in [2.24, 2.45) is 7.05 Å². The molecule has 2 aromatic heterocycles. The number of nitrogens with zero attached hydrogens (tertiary/aromatic N) is 6. The predicted molar refractivity (Wildman–Crippen MR) is 101 cm³/mol. The number of carbonyl (C=O) groups excluding carboxylic acids is 1. The van der Waals surface area contributed by atoms with E-state index in [9.17, 15) is 18.0 Å². The molecular weight excluding hydrogens is 397 g/mol. The highest BCUT2D eigenvalue weighted by molar-refractivity contribution is 5.77. The lowest BCUT2D eigenvalue weighted by molar-refractivity contribution is -0.148. The van der Waals surface area contributed by atoms with Crippen molar-refractivity contribution in [3.63, 3.8) is 0 Å². The highest BCUT2D eigenvalue weighted by atomic mass is 19.4. The summed E-state index contributed by atoms with van der Waals surface area (Å²) in [7, 11) is 1.84. The Morgan fingerprint density at radius 2 is 1.90 bits per heavy atom. The van der Waals surface area contributed by atoms with Crippen LogP contribution < -0.4 is 0 Å². The Morgan fingerprint density at radius 3 is 2.53 bits per heavy atom. The van der Waals surface area contributed by atoms with Crippen LogP contribution in [-0.2, 0) is 31.0 Å². The van der Waals surface area contributed by atoms with Gasteiger partial charge in [-0.15, -0.1) is 10.2 Å². The maximum atomic E-state index is 13.3. The third kappa shape index (κ3) is 3.57. The van der Waals surface area contributed by atoms with E-state index in [0.717, 1.165) is 15.8 Å². The number of aromatic nitrogens is 5. The van der Waals surface area contributed by atoms with Crippen LogP contribution in [0.2, 0.25) is 0 Å². The molecule has 158 valence electrons. The number of rotatable bonds is 4. The van der Waals surface area contributed by atoms with Gasteiger partial charge in [0.25, 0.3) is 0 Å². The third-order valence-electron chi connectivity index (χ3n) is 5.53. The van der Waals surface area contributed by atoms with Crippen LogP contribution in [0.25, 0.3) is 0 Å². The van der Waals surface area contributed by atoms with Crippen LogP contribution >= 0.6 is 0 Å². The zero-order valence-corrected chi connectivity index (χ0v) is 16.6. The fourth-order valence-corrected chi connectivity index (χ4v) is 3.83. The first-order valence-electron chi connectivity index (χ1n) is 9.59. The smallest absolute Gasteiger partial charge is 0.327 e. The fourth-order valence-electron chi connectivity index (χ4n) is 3.83. The first kappa shape index (κ1) is 20.1. The van der Waals surface area contributed by atoms with Crippen molar-refractivity contribution in [3.8, 4) is 0 Å². The molecule has 1 amide bonds. The largest absolute Gasteiger partial charge is 0.451 e. The molecule has 0 saturated carbocycles. The van der Waals surface area contributed by atoms with E-state index in [-0.39, 0.29) is 31.2 Å². The molecule has 0 radical (unpaired) electrons. The van der Waals surface area contributed by atoms with Crippen LogP contribution in [0.15, 0.2) is 36.5 Å². The molecule has 10 heteroatoms. The minimum atomic E-state index is -4.60. The SMILES string of the molecule is Cc1c(CCC(=O)N2CCn3c(nnc3C(F)(F)F)C2c2ccccc2)cnn1C. The molecule has 3 heterocycles. The van der Waals surface area contributed by atoms with Crippen LogP contribution in [0.4, 0.5) is 13.2 Å². The number of carbonyl (C=O) groups is 1. The van der Waals surface area contributed by atoms with Gasteiger partial charge in [0.1, 0.15) is 6.04 Å². The summed E-state index contributed by atoms with van der Waals surface area (Å²) in [6, 6.07) is 8.25. The topological polar surface area (TPSA) is 68.8 Å². The minimum Gasteiger partial charge on any atom is -0.327 e. The van der Waals surface area contributed by atoms with Crippen LogP contribution in [0.5, 0.6) is 0 Å². The Balaban J connectivity index is 1.65. The molecule has 0 saturated heterocycles. The van der Waals surface area contributed by atoms with Crippen LogP contribution in [-0.4, -0.2) is 41.9 Å². The molecule has 30 heavy (non-hydrogen) atoms. The molecule has 1 atom stereocenters. The number of alkyl halides is 3. The molecule has 7 nitrogen and oxygen atoms in total. The second-order valence-corrected chi connectivity index (χ2v) is 7.31. The summed E-state index contributed by atoms with van der Waals surface area (Å²) in [6.45, 7) is 2.08. The minimum absolute atomic E-state index is 0.00181. The van der Waals surface area contributed by atoms with Crippen molar-refractivity contribution in [2.45, 2.75) is 38.5 Å². The Morgan fingerprint density at radius 1 is 1.17 bits per heavy atom. The standard InChI is InChI=1S/C20H21F3N6O/c1-13-15(12-24-27(13)2)8-9-16(30)28-10-11-29-18(25-26-19(29)20(21,22)23)17(28)14-6-4-3-5-7-14/h3-7,12,17H,8-11H2,1-2H3. The first-order valence-corrected chi connectivity index (χ1v) is 9.59. The summed E-state index contributed by atoms with van der Waals surface area (Å²) in [4.78, 5) is 14.7. The second-order valence-electron chi connectivity index (χ2n) is 7.31. The van der Waals surface area contributed by atoms with Gasteiger partial charge in [-0.1, -0.05) is 30.3 Å². The van der Waals surface area contributed by atoms with Gasteiger partial charge in [-0.25, -0.2) is 0 Å². The maximum absolute atomic E-state index is 13.3. The lowest BCUT2D eigenvalue weighted by atomic mass is 10.0. The molecule has 0 fully saturated rings. The molecule has 0 spiro atoms. The summed E-state index contributed by atoms with van der Waals surface area (Å²) in [5, 5.41) is 11.4. The van der Waals surface area contributed by atoms with Gasteiger partial charge in [0.05, 0.1) is 6.20 Å². The van der Waals surface area contributed by atoms with Crippen molar-refractivity contribution >= 4 is 5.91 Å². The molecular formula is C20H21F3N6O. The van der Waals surface area contributed by atoms with E-state index in [1.165, 1.54) is 0 Å². The maximum Gasteiger partial charge on any atom is 0.451 e. The van der Waals surface area contributed by atoms with E-state index >= 15 is 0 Å². The molecule has 0 aliphatic carbocycles. The van der Waals surface area contributed by atoms with E-state index in [0.29, 0.717) is 12.0 Å². The predicted octanol–water partition coefficient (Wildman–Crippen LogP) is 2.90. The Kier molecular flexibility index (Phi) is 5.08. The van der Waals surface area contributed by atoms with E-state index in [1.807, 2.05) is 20.0 Å². The number of aryl methyl sites for hydroxylation is 2. The van der Waals surface area contributed by atoms with E-state index in [2.05, 4.69) is 15.3 Å². The second kappa shape index (κ2) is 7.58. The van der Waals surface area contributed by atoms with E-state index < -0.39 is 18.0 Å². The fraction of sp³-hybridized carbons (Fsp3) is 0.400. The summed E-state index contributed by atoms with van der Waals surface area (Å²) < 4.78 is 42.8. The zero-order valence-electron chi connectivity index (χ0n) is 16.6. The van der Waals surface area contributed by atoms with Gasteiger partial charge in [-0.2, -0.15) is 18.3 Å². The molecule has 1 aliphatic heterocycles. The molecule has 1 aliphatic rings. The average Bonchev–Trinajstić information content (AvgIpc) is 3.30. The van der Waals surface area contributed by atoms with Crippen molar-refractivity contribution in [1.82, 2.24) is 29.4 Å². The van der Waals surface area contributed by atoms with Crippen molar-refractivity contribution in [3.05, 3.63) is 65.0 Å². The number of amides is 1. The van der Waals surface area contributed by atoms with Crippen LogP contribution in [0.3, 0.4) is 0 Å². The highest BCUT2D eigenvalue weighted by Gasteiger charge is 2.43. The van der Waals surface area contributed by atoms with Crippen molar-refractivity contribution in [1.29, 1.82) is 0 Å². The summed E-state index contributed by atoms with van der Waals surface area (Å²) >= 11 is 0. The molecule has 0 N–H and O–H groups in total. The van der Waals surface area contributed by atoms with Gasteiger partial charge in [-0.05, 0) is 24.5 Å². The van der Waals surface area contributed by atoms with Gasteiger partial charge >= 0.3 is 6.18 Å². The Labute approximate surface area is 171 Å². The summed E-state index contributed by atoms with van der Waals surface area (Å²) in [6.07, 6.45) is -2.12. The highest BCUT2D eigenvalue weighted by Crippen LogP contribution is 2.36. The summed E-state index contributed by atoms with van der Waals surface area (Å²) in [5.74, 6) is -1.04. The Hall–Kier alpha value is -3.17. The van der Waals surface area contributed by atoms with Crippen molar-refractivity contribution in [2.75, 3.05) is 6.54 Å².